The van der Waals surface area contributed by atoms with E-state index >= 15 is 0 Å². The molecule has 0 radical (unpaired) electrons. The maximum Gasteiger partial charge on any atom is 0.0658 e. The Morgan fingerprint density at radius 2 is 1.78 bits per heavy atom. The molecule has 2 nitrogen and oxygen atoms in total. The topological polar surface area (TPSA) is 12.5 Å². The van der Waals surface area contributed by atoms with E-state index in [9.17, 15) is 0 Å². The molecule has 2 aromatic carbocycles. The van der Waals surface area contributed by atoms with E-state index in [1.807, 2.05) is 0 Å². The van der Waals surface area contributed by atoms with Crippen LogP contribution in [0, 0.1) is 6.92 Å². The molecule has 0 aliphatic carbocycles. The van der Waals surface area contributed by atoms with Gasteiger partial charge in [-0.3, -0.25) is 4.90 Å². The van der Waals surface area contributed by atoms with Crippen molar-refractivity contribution in [3.8, 4) is 0 Å². The van der Waals surface area contributed by atoms with Crippen molar-refractivity contribution in [2.24, 2.45) is 0 Å². The third-order valence-corrected chi connectivity index (χ3v) is 4.97. The van der Waals surface area contributed by atoms with Gasteiger partial charge in [-0.2, -0.15) is 0 Å². The summed E-state index contributed by atoms with van der Waals surface area (Å²) in [6.45, 7) is 4.80. The lowest BCUT2D eigenvalue weighted by atomic mass is 9.89. The number of nitrogens with zero attached hydrogens (tertiary/aromatic N) is 1. The Kier molecular flexibility index (Phi) is 4.02. The number of hydrogen-bond donors (Lipinski definition) is 0. The predicted octanol–water partition coefficient (Wildman–Crippen LogP) is 4.05. The lowest BCUT2D eigenvalue weighted by Crippen LogP contribution is -2.53. The van der Waals surface area contributed by atoms with Crippen LogP contribution in [-0.4, -0.2) is 30.2 Å². The maximum atomic E-state index is 5.82. The smallest absolute Gasteiger partial charge is 0.0658 e. The Hall–Kier alpha value is -1.90. The summed E-state index contributed by atoms with van der Waals surface area (Å²) in [5, 5.41) is 0. The van der Waals surface area contributed by atoms with E-state index < -0.39 is 0 Å². The van der Waals surface area contributed by atoms with Gasteiger partial charge in [-0.05, 0) is 30.0 Å². The zero-order chi connectivity index (χ0) is 15.6. The van der Waals surface area contributed by atoms with Crippen LogP contribution in [0.25, 0.3) is 5.57 Å². The van der Waals surface area contributed by atoms with E-state index in [1.54, 1.807) is 0 Å². The molecule has 2 bridgehead atoms. The molecule has 2 aliphatic rings. The maximum absolute atomic E-state index is 5.82. The number of ether oxygens (including phenoxy) is 1. The SMILES string of the molecule is Cc1ccc(C2=CC3COCC(C2)N3Cc2ccccc2)cc1. The summed E-state index contributed by atoms with van der Waals surface area (Å²) in [6.07, 6.45) is 3.50. The summed E-state index contributed by atoms with van der Waals surface area (Å²) in [5.41, 5.74) is 5.55. The molecule has 4 rings (SSSR count). The summed E-state index contributed by atoms with van der Waals surface area (Å²) in [4.78, 5) is 2.61. The molecule has 0 saturated carbocycles. The van der Waals surface area contributed by atoms with Crippen LogP contribution in [0.15, 0.2) is 60.7 Å². The third kappa shape index (κ3) is 3.10. The lowest BCUT2D eigenvalue weighted by Gasteiger charge is -2.44. The van der Waals surface area contributed by atoms with Crippen LogP contribution in [0.3, 0.4) is 0 Å². The fraction of sp³-hybridized carbons (Fsp3) is 0.333. The summed E-state index contributed by atoms with van der Waals surface area (Å²) in [6, 6.07) is 20.6. The van der Waals surface area contributed by atoms with Crippen molar-refractivity contribution < 1.29 is 4.74 Å². The highest BCUT2D eigenvalue weighted by Crippen LogP contribution is 2.33. The van der Waals surface area contributed by atoms with E-state index in [2.05, 4.69) is 72.5 Å². The number of hydrogen-bond acceptors (Lipinski definition) is 2. The van der Waals surface area contributed by atoms with Crippen LogP contribution in [0.5, 0.6) is 0 Å². The standard InChI is InChI=1S/C21H23NO/c1-16-7-9-18(10-8-16)19-11-20-14-23-15-21(12-19)22(20)13-17-5-3-2-4-6-17/h2-11,20-21H,12-15H2,1H3. The van der Waals surface area contributed by atoms with Crippen molar-refractivity contribution in [2.75, 3.05) is 13.2 Å². The molecular weight excluding hydrogens is 282 g/mol. The molecule has 23 heavy (non-hydrogen) atoms. The lowest BCUT2D eigenvalue weighted by molar-refractivity contribution is -0.0402. The molecule has 0 aromatic heterocycles. The van der Waals surface area contributed by atoms with Crippen LogP contribution in [-0.2, 0) is 11.3 Å². The van der Waals surface area contributed by atoms with E-state index in [0.29, 0.717) is 12.1 Å². The van der Waals surface area contributed by atoms with Gasteiger partial charge in [-0.1, -0.05) is 66.2 Å². The molecule has 0 N–H and O–H groups in total. The van der Waals surface area contributed by atoms with Crippen LogP contribution in [0.1, 0.15) is 23.1 Å². The Labute approximate surface area is 138 Å². The molecule has 118 valence electrons. The number of rotatable bonds is 3. The van der Waals surface area contributed by atoms with Gasteiger partial charge in [0.1, 0.15) is 0 Å². The fourth-order valence-electron chi connectivity index (χ4n) is 3.68. The highest BCUT2D eigenvalue weighted by Gasteiger charge is 2.34. The third-order valence-electron chi connectivity index (χ3n) is 4.97. The fourth-order valence-corrected chi connectivity index (χ4v) is 3.68. The van der Waals surface area contributed by atoms with Crippen molar-refractivity contribution in [2.45, 2.75) is 32.0 Å². The molecule has 2 heterocycles. The van der Waals surface area contributed by atoms with Gasteiger partial charge >= 0.3 is 0 Å². The van der Waals surface area contributed by atoms with E-state index in [4.69, 9.17) is 4.74 Å². The number of morpholine rings is 1. The molecule has 2 heteroatoms. The zero-order valence-corrected chi connectivity index (χ0v) is 13.6. The van der Waals surface area contributed by atoms with E-state index in [-0.39, 0.29) is 0 Å². The van der Waals surface area contributed by atoms with Crippen molar-refractivity contribution in [1.29, 1.82) is 0 Å². The van der Waals surface area contributed by atoms with Crippen LogP contribution in [0.4, 0.5) is 0 Å². The monoisotopic (exact) mass is 305 g/mol. The van der Waals surface area contributed by atoms with Gasteiger partial charge in [-0.25, -0.2) is 0 Å². The quantitative estimate of drug-likeness (QED) is 0.848. The minimum Gasteiger partial charge on any atom is -0.378 e. The molecule has 2 atom stereocenters. The molecule has 1 fully saturated rings. The Bertz CT molecular complexity index is 690. The summed E-state index contributed by atoms with van der Waals surface area (Å²) < 4.78 is 5.82. The summed E-state index contributed by atoms with van der Waals surface area (Å²) >= 11 is 0. The Morgan fingerprint density at radius 1 is 1.00 bits per heavy atom. The van der Waals surface area contributed by atoms with Gasteiger partial charge in [-0.15, -0.1) is 0 Å². The molecule has 1 saturated heterocycles. The van der Waals surface area contributed by atoms with Gasteiger partial charge in [0.25, 0.3) is 0 Å². The molecule has 0 amide bonds. The highest BCUT2D eigenvalue weighted by molar-refractivity contribution is 5.68. The first-order valence-corrected chi connectivity index (χ1v) is 8.45. The first kappa shape index (κ1) is 14.7. The largest absolute Gasteiger partial charge is 0.378 e. The van der Waals surface area contributed by atoms with Crippen LogP contribution in [0.2, 0.25) is 0 Å². The predicted molar refractivity (Wildman–Crippen MR) is 94.2 cm³/mol. The number of aryl methyl sites for hydroxylation is 1. The van der Waals surface area contributed by atoms with Gasteiger partial charge in [0.05, 0.1) is 19.3 Å². The second-order valence-electron chi connectivity index (χ2n) is 6.68. The highest BCUT2D eigenvalue weighted by atomic mass is 16.5. The summed E-state index contributed by atoms with van der Waals surface area (Å²) in [5.74, 6) is 0. The molecule has 2 unspecified atom stereocenters. The minimum atomic E-state index is 0.388. The van der Waals surface area contributed by atoms with Crippen molar-refractivity contribution in [1.82, 2.24) is 4.90 Å². The Balaban J connectivity index is 1.59. The van der Waals surface area contributed by atoms with Crippen molar-refractivity contribution in [3.05, 3.63) is 77.4 Å². The normalized spacial score (nSPS) is 24.3. The second-order valence-corrected chi connectivity index (χ2v) is 6.68. The minimum absolute atomic E-state index is 0.388. The Morgan fingerprint density at radius 3 is 2.52 bits per heavy atom. The molecule has 2 aliphatic heterocycles. The van der Waals surface area contributed by atoms with E-state index in [0.717, 1.165) is 26.2 Å². The first-order chi connectivity index (χ1) is 11.3. The molecular formula is C21H23NO. The number of fused-ring (bicyclic) bond motifs is 2. The van der Waals surface area contributed by atoms with Gasteiger partial charge in [0.15, 0.2) is 0 Å². The van der Waals surface area contributed by atoms with Crippen LogP contribution >= 0.6 is 0 Å². The second kappa shape index (κ2) is 6.31. The first-order valence-electron chi connectivity index (χ1n) is 8.45. The van der Waals surface area contributed by atoms with E-state index in [1.165, 1.54) is 22.3 Å². The molecule has 2 aromatic rings. The average molecular weight is 305 g/mol. The van der Waals surface area contributed by atoms with Crippen molar-refractivity contribution >= 4 is 5.57 Å². The molecule has 0 spiro atoms. The zero-order valence-electron chi connectivity index (χ0n) is 13.6. The summed E-state index contributed by atoms with van der Waals surface area (Å²) in [7, 11) is 0. The average Bonchev–Trinajstić information content (AvgIpc) is 2.56. The van der Waals surface area contributed by atoms with Gasteiger partial charge < -0.3 is 4.74 Å². The van der Waals surface area contributed by atoms with Crippen LogP contribution < -0.4 is 0 Å². The van der Waals surface area contributed by atoms with Gasteiger partial charge in [0.2, 0.25) is 0 Å². The van der Waals surface area contributed by atoms with Gasteiger partial charge in [0, 0.05) is 12.6 Å². The number of benzene rings is 2. The van der Waals surface area contributed by atoms with Crippen molar-refractivity contribution in [3.63, 3.8) is 0 Å².